The second kappa shape index (κ2) is 6.01. The molecule has 1 aliphatic heterocycles. The summed E-state index contributed by atoms with van der Waals surface area (Å²) in [5.41, 5.74) is 0.155. The molecule has 1 heterocycles. The van der Waals surface area contributed by atoms with E-state index >= 15 is 0 Å². The summed E-state index contributed by atoms with van der Waals surface area (Å²) >= 11 is 0. The molecule has 0 aliphatic carbocycles. The van der Waals surface area contributed by atoms with E-state index in [9.17, 15) is 19.8 Å². The van der Waals surface area contributed by atoms with Crippen LogP contribution in [0.25, 0.3) is 0 Å². The zero-order valence-electron chi connectivity index (χ0n) is 11.8. The Morgan fingerprint density at radius 2 is 1.81 bits per heavy atom. The molecule has 1 fully saturated rings. The number of carboxylic acids is 1. The number of nitrogens with zero attached hydrogens (tertiary/aromatic N) is 1. The lowest BCUT2D eigenvalue weighted by atomic mass is 10.1. The van der Waals surface area contributed by atoms with Crippen molar-refractivity contribution in [3.8, 4) is 11.5 Å². The molecular weight excluding hydrogens is 278 g/mol. The molecule has 1 amide bonds. The van der Waals surface area contributed by atoms with Crippen molar-refractivity contribution in [3.63, 3.8) is 0 Å². The third-order valence-corrected chi connectivity index (χ3v) is 3.47. The Kier molecular flexibility index (Phi) is 4.32. The lowest BCUT2D eigenvalue weighted by Crippen LogP contribution is -2.40. The van der Waals surface area contributed by atoms with Gasteiger partial charge in [-0.1, -0.05) is 6.07 Å². The molecule has 7 nitrogen and oxygen atoms in total. The summed E-state index contributed by atoms with van der Waals surface area (Å²) < 4.78 is 10.3. The maximum absolute atomic E-state index is 12.7. The number of aliphatic hydroxyl groups is 1. The van der Waals surface area contributed by atoms with Crippen LogP contribution in [-0.2, 0) is 4.79 Å². The number of hydrogen-bond donors (Lipinski definition) is 2. The zero-order valence-corrected chi connectivity index (χ0v) is 11.8. The lowest BCUT2D eigenvalue weighted by Gasteiger charge is -2.23. The highest BCUT2D eigenvalue weighted by Gasteiger charge is 2.40. The average Bonchev–Trinajstić information content (AvgIpc) is 2.87. The van der Waals surface area contributed by atoms with Gasteiger partial charge in [0.25, 0.3) is 5.91 Å². The summed E-state index contributed by atoms with van der Waals surface area (Å²) in [7, 11) is 2.83. The minimum atomic E-state index is -1.14. The van der Waals surface area contributed by atoms with Crippen LogP contribution in [0.5, 0.6) is 11.5 Å². The summed E-state index contributed by atoms with van der Waals surface area (Å²) in [6.45, 7) is -0.0308. The fraction of sp³-hybridized carbons (Fsp3) is 0.429. The molecule has 21 heavy (non-hydrogen) atoms. The molecule has 7 heteroatoms. The van der Waals surface area contributed by atoms with Gasteiger partial charge in [0.1, 0.15) is 23.1 Å². The molecule has 2 rings (SSSR count). The van der Waals surface area contributed by atoms with Crippen LogP contribution in [0.3, 0.4) is 0 Å². The second-order valence-electron chi connectivity index (χ2n) is 4.74. The van der Waals surface area contributed by atoms with Crippen LogP contribution < -0.4 is 9.47 Å². The molecule has 0 saturated carbocycles. The second-order valence-corrected chi connectivity index (χ2v) is 4.74. The van der Waals surface area contributed by atoms with Crippen LogP contribution in [0.1, 0.15) is 16.8 Å². The lowest BCUT2D eigenvalue weighted by molar-refractivity contribution is -0.141. The molecule has 2 N–H and O–H groups in total. The fourth-order valence-corrected chi connectivity index (χ4v) is 2.48. The molecule has 1 aromatic rings. The van der Waals surface area contributed by atoms with Crippen molar-refractivity contribution in [1.29, 1.82) is 0 Å². The van der Waals surface area contributed by atoms with E-state index in [1.54, 1.807) is 18.2 Å². The van der Waals surface area contributed by atoms with Crippen molar-refractivity contribution in [2.24, 2.45) is 0 Å². The van der Waals surface area contributed by atoms with Crippen molar-refractivity contribution in [2.45, 2.75) is 18.6 Å². The maximum atomic E-state index is 12.7. The van der Waals surface area contributed by atoms with E-state index in [2.05, 4.69) is 0 Å². The van der Waals surface area contributed by atoms with E-state index in [-0.39, 0.29) is 18.5 Å². The molecule has 0 aromatic heterocycles. The first-order chi connectivity index (χ1) is 9.99. The standard InChI is InChI=1S/C14H17NO6/c1-20-10-4-3-5-11(21-2)12(10)13(17)15-7-8(16)6-9(15)14(18)19/h3-5,8-9,16H,6-7H2,1-2H3,(H,18,19)/t8-,9-/m1/s1. The summed E-state index contributed by atoms with van der Waals surface area (Å²) in [6, 6.07) is 3.81. The third-order valence-electron chi connectivity index (χ3n) is 3.47. The van der Waals surface area contributed by atoms with Crippen molar-refractivity contribution in [2.75, 3.05) is 20.8 Å². The van der Waals surface area contributed by atoms with Gasteiger partial charge in [-0.25, -0.2) is 4.79 Å². The Balaban J connectivity index is 2.42. The van der Waals surface area contributed by atoms with Gasteiger partial charge >= 0.3 is 5.97 Å². The number of carbonyl (C=O) groups is 2. The summed E-state index contributed by atoms with van der Waals surface area (Å²) in [6.07, 6.45) is -0.839. The van der Waals surface area contributed by atoms with E-state index in [4.69, 9.17) is 9.47 Å². The molecule has 0 radical (unpaired) electrons. The van der Waals surface area contributed by atoms with Crippen LogP contribution >= 0.6 is 0 Å². The average molecular weight is 295 g/mol. The Hall–Kier alpha value is -2.28. The Morgan fingerprint density at radius 3 is 2.29 bits per heavy atom. The highest BCUT2D eigenvalue weighted by atomic mass is 16.5. The number of hydrogen-bond acceptors (Lipinski definition) is 5. The third kappa shape index (κ3) is 2.78. The smallest absolute Gasteiger partial charge is 0.326 e. The molecule has 0 bridgehead atoms. The monoisotopic (exact) mass is 295 g/mol. The zero-order chi connectivity index (χ0) is 15.6. The van der Waals surface area contributed by atoms with Crippen molar-refractivity contribution in [1.82, 2.24) is 4.90 Å². The Labute approximate surface area is 121 Å². The molecule has 114 valence electrons. The molecule has 0 spiro atoms. The molecule has 1 saturated heterocycles. The van der Waals surface area contributed by atoms with Crippen LogP contribution in [-0.4, -0.2) is 59.9 Å². The van der Waals surface area contributed by atoms with Gasteiger partial charge < -0.3 is 24.6 Å². The van der Waals surface area contributed by atoms with E-state index in [1.165, 1.54) is 14.2 Å². The van der Waals surface area contributed by atoms with E-state index in [0.717, 1.165) is 4.90 Å². The van der Waals surface area contributed by atoms with Gasteiger partial charge in [-0.05, 0) is 12.1 Å². The first-order valence-corrected chi connectivity index (χ1v) is 6.42. The van der Waals surface area contributed by atoms with E-state index in [1.807, 2.05) is 0 Å². The molecule has 1 aromatic carbocycles. The van der Waals surface area contributed by atoms with Crippen LogP contribution in [0, 0.1) is 0 Å². The van der Waals surface area contributed by atoms with E-state index < -0.39 is 24.0 Å². The van der Waals surface area contributed by atoms with Crippen molar-refractivity contribution >= 4 is 11.9 Å². The van der Waals surface area contributed by atoms with Gasteiger partial charge in [-0.3, -0.25) is 4.79 Å². The molecule has 1 aliphatic rings. The predicted molar refractivity (Wildman–Crippen MR) is 72.6 cm³/mol. The van der Waals surface area contributed by atoms with Crippen LogP contribution in [0.2, 0.25) is 0 Å². The minimum Gasteiger partial charge on any atom is -0.496 e. The number of ether oxygens (including phenoxy) is 2. The first-order valence-electron chi connectivity index (χ1n) is 6.42. The number of likely N-dealkylation sites (tertiary alicyclic amines) is 1. The minimum absolute atomic E-state index is 0.0124. The SMILES string of the molecule is COc1cccc(OC)c1C(=O)N1C[C@H](O)C[C@@H]1C(=O)O. The Bertz CT molecular complexity index is 536. The van der Waals surface area contributed by atoms with Crippen molar-refractivity contribution in [3.05, 3.63) is 23.8 Å². The van der Waals surface area contributed by atoms with Gasteiger partial charge in [0.05, 0.1) is 20.3 Å². The van der Waals surface area contributed by atoms with E-state index in [0.29, 0.717) is 11.5 Å². The van der Waals surface area contributed by atoms with Gasteiger partial charge in [-0.15, -0.1) is 0 Å². The largest absolute Gasteiger partial charge is 0.496 e. The van der Waals surface area contributed by atoms with Crippen molar-refractivity contribution < 1.29 is 29.3 Å². The maximum Gasteiger partial charge on any atom is 0.326 e. The normalized spacial score (nSPS) is 21.2. The first kappa shape index (κ1) is 15.1. The number of aliphatic hydroxyl groups excluding tert-OH is 1. The number of methoxy groups -OCH3 is 2. The summed E-state index contributed by atoms with van der Waals surface area (Å²) in [4.78, 5) is 25.0. The number of carbonyl (C=O) groups excluding carboxylic acids is 1. The number of aliphatic carboxylic acids is 1. The van der Waals surface area contributed by atoms with Crippen LogP contribution in [0.4, 0.5) is 0 Å². The summed E-state index contributed by atoms with van der Waals surface area (Å²) in [5.74, 6) is -1.09. The van der Waals surface area contributed by atoms with Gasteiger partial charge in [0.15, 0.2) is 0 Å². The van der Waals surface area contributed by atoms with Gasteiger partial charge in [0.2, 0.25) is 0 Å². The highest BCUT2D eigenvalue weighted by molar-refractivity contribution is 6.01. The molecular formula is C14H17NO6. The predicted octanol–water partition coefficient (Wildman–Crippen LogP) is 0.364. The highest BCUT2D eigenvalue weighted by Crippen LogP contribution is 2.32. The topological polar surface area (TPSA) is 96.3 Å². The molecule has 2 atom stereocenters. The summed E-state index contributed by atoms with van der Waals surface area (Å²) in [5, 5.41) is 18.8. The number of β-amino-alcohol motifs (C(OH)–C–C–N with tert-alkyl or cyclic N) is 1. The Morgan fingerprint density at radius 1 is 1.24 bits per heavy atom. The number of rotatable bonds is 4. The number of amides is 1. The molecule has 0 unspecified atom stereocenters. The number of carboxylic acid groups (broad SMARTS) is 1. The fourth-order valence-electron chi connectivity index (χ4n) is 2.48. The van der Waals surface area contributed by atoms with Gasteiger partial charge in [-0.2, -0.15) is 0 Å². The quantitative estimate of drug-likeness (QED) is 0.833. The van der Waals surface area contributed by atoms with Crippen LogP contribution in [0.15, 0.2) is 18.2 Å². The number of benzene rings is 1. The van der Waals surface area contributed by atoms with Gasteiger partial charge in [0, 0.05) is 13.0 Å².